The molecule has 1 aliphatic rings. The minimum atomic E-state index is -0.0727. The van der Waals surface area contributed by atoms with Crippen molar-refractivity contribution in [3.8, 4) is 0 Å². The van der Waals surface area contributed by atoms with E-state index in [1.54, 1.807) is 28.2 Å². The van der Waals surface area contributed by atoms with Crippen LogP contribution >= 0.6 is 0 Å². The summed E-state index contributed by atoms with van der Waals surface area (Å²) in [5, 5.41) is 6.02. The van der Waals surface area contributed by atoms with Gasteiger partial charge in [-0.1, -0.05) is 6.92 Å². The summed E-state index contributed by atoms with van der Waals surface area (Å²) >= 11 is 0. The maximum absolute atomic E-state index is 11.7. The fourth-order valence-electron chi connectivity index (χ4n) is 2.25. The largest absolute Gasteiger partial charge is 0.335 e. The van der Waals surface area contributed by atoms with E-state index in [0.29, 0.717) is 5.92 Å². The topological polar surface area (TPSA) is 64.7 Å². The molecule has 1 aliphatic carbocycles. The number of rotatable bonds is 2. The predicted molar refractivity (Wildman–Crippen MR) is 75.0 cm³/mol. The van der Waals surface area contributed by atoms with Crippen molar-refractivity contribution >= 4 is 12.1 Å². The standard InChI is InChI=1S/C13H26N4O2/c1-9-6-7-10(14-12(18)16(2)3)8-11(9)15-13(19)17(4)5/h9-11H,6-8H2,1-5H3,(H,14,18)(H,15,19). The Bertz CT molecular complexity index is 331. The number of nitrogens with zero attached hydrogens (tertiary/aromatic N) is 2. The second-order valence-electron chi connectivity index (χ2n) is 5.78. The molecule has 2 N–H and O–H groups in total. The van der Waals surface area contributed by atoms with Crippen molar-refractivity contribution in [2.75, 3.05) is 28.2 Å². The van der Waals surface area contributed by atoms with Crippen LogP contribution in [0.3, 0.4) is 0 Å². The first-order valence-electron chi connectivity index (χ1n) is 6.77. The molecule has 6 heteroatoms. The van der Waals surface area contributed by atoms with Crippen molar-refractivity contribution in [1.82, 2.24) is 20.4 Å². The number of carbonyl (C=O) groups is 2. The molecule has 0 bridgehead atoms. The van der Waals surface area contributed by atoms with Gasteiger partial charge in [-0.15, -0.1) is 0 Å². The third-order valence-electron chi connectivity index (χ3n) is 3.64. The summed E-state index contributed by atoms with van der Waals surface area (Å²) < 4.78 is 0. The Balaban J connectivity index is 2.53. The third-order valence-corrected chi connectivity index (χ3v) is 3.64. The van der Waals surface area contributed by atoms with E-state index >= 15 is 0 Å². The number of nitrogens with one attached hydrogen (secondary N) is 2. The van der Waals surface area contributed by atoms with Crippen LogP contribution < -0.4 is 10.6 Å². The lowest BCUT2D eigenvalue weighted by Gasteiger charge is -2.36. The minimum Gasteiger partial charge on any atom is -0.335 e. The highest BCUT2D eigenvalue weighted by atomic mass is 16.2. The van der Waals surface area contributed by atoms with E-state index in [1.165, 1.54) is 9.80 Å². The smallest absolute Gasteiger partial charge is 0.317 e. The van der Waals surface area contributed by atoms with Crippen molar-refractivity contribution in [3.63, 3.8) is 0 Å². The number of carbonyl (C=O) groups excluding carboxylic acids is 2. The third kappa shape index (κ3) is 4.61. The van der Waals surface area contributed by atoms with Gasteiger partial charge in [-0.25, -0.2) is 9.59 Å². The summed E-state index contributed by atoms with van der Waals surface area (Å²) in [6.07, 6.45) is 2.77. The molecule has 0 aromatic rings. The Morgan fingerprint density at radius 2 is 1.47 bits per heavy atom. The highest BCUT2D eigenvalue weighted by molar-refractivity contribution is 5.74. The van der Waals surface area contributed by atoms with E-state index in [9.17, 15) is 9.59 Å². The number of urea groups is 2. The predicted octanol–water partition coefficient (Wildman–Crippen LogP) is 1.09. The second-order valence-corrected chi connectivity index (χ2v) is 5.78. The summed E-state index contributed by atoms with van der Waals surface area (Å²) in [7, 11) is 6.92. The Hall–Kier alpha value is -1.46. The van der Waals surface area contributed by atoms with Crippen LogP contribution in [0.1, 0.15) is 26.2 Å². The summed E-state index contributed by atoms with van der Waals surface area (Å²) in [4.78, 5) is 26.4. The van der Waals surface area contributed by atoms with Gasteiger partial charge in [0, 0.05) is 40.3 Å². The highest BCUT2D eigenvalue weighted by Gasteiger charge is 2.30. The molecule has 1 saturated carbocycles. The summed E-state index contributed by atoms with van der Waals surface area (Å²) in [5.41, 5.74) is 0. The minimum absolute atomic E-state index is 0.0720. The Morgan fingerprint density at radius 3 is 2.00 bits per heavy atom. The molecule has 4 amide bonds. The summed E-state index contributed by atoms with van der Waals surface area (Å²) in [6, 6.07) is 0.114. The zero-order valence-electron chi connectivity index (χ0n) is 12.6. The highest BCUT2D eigenvalue weighted by Crippen LogP contribution is 2.24. The van der Waals surface area contributed by atoms with Crippen molar-refractivity contribution in [2.24, 2.45) is 5.92 Å². The SMILES string of the molecule is CC1CCC(NC(=O)N(C)C)CC1NC(=O)N(C)C. The maximum atomic E-state index is 11.7. The summed E-state index contributed by atoms with van der Waals surface area (Å²) in [5.74, 6) is 0.441. The van der Waals surface area contributed by atoms with E-state index < -0.39 is 0 Å². The van der Waals surface area contributed by atoms with E-state index in [4.69, 9.17) is 0 Å². The molecule has 1 fully saturated rings. The van der Waals surface area contributed by atoms with Gasteiger partial charge < -0.3 is 20.4 Å². The van der Waals surface area contributed by atoms with Crippen LogP contribution in [0, 0.1) is 5.92 Å². The Kier molecular flexibility index (Phi) is 5.44. The quantitative estimate of drug-likeness (QED) is 0.789. The van der Waals surface area contributed by atoms with Crippen molar-refractivity contribution in [2.45, 2.75) is 38.3 Å². The van der Waals surface area contributed by atoms with E-state index in [2.05, 4.69) is 17.6 Å². The van der Waals surface area contributed by atoms with Gasteiger partial charge in [-0.3, -0.25) is 0 Å². The van der Waals surface area contributed by atoms with Gasteiger partial charge >= 0.3 is 12.1 Å². The number of hydrogen-bond acceptors (Lipinski definition) is 2. The molecule has 3 atom stereocenters. The van der Waals surface area contributed by atoms with Crippen LogP contribution in [-0.4, -0.2) is 62.1 Å². The van der Waals surface area contributed by atoms with Gasteiger partial charge in [0.05, 0.1) is 0 Å². The first-order chi connectivity index (χ1) is 8.81. The molecule has 0 heterocycles. The van der Waals surface area contributed by atoms with Gasteiger partial charge in [-0.05, 0) is 25.2 Å². The van der Waals surface area contributed by atoms with E-state index in [-0.39, 0.29) is 24.1 Å². The molecule has 0 saturated heterocycles. The van der Waals surface area contributed by atoms with Gasteiger partial charge in [0.25, 0.3) is 0 Å². The molecule has 1 rings (SSSR count). The lowest BCUT2D eigenvalue weighted by Crippen LogP contribution is -2.52. The van der Waals surface area contributed by atoms with Crippen LogP contribution in [0.15, 0.2) is 0 Å². The van der Waals surface area contributed by atoms with Crippen molar-refractivity contribution in [3.05, 3.63) is 0 Å². The number of amides is 4. The maximum Gasteiger partial charge on any atom is 0.317 e. The number of hydrogen-bond donors (Lipinski definition) is 2. The van der Waals surface area contributed by atoms with E-state index in [1.807, 2.05) is 0 Å². The lowest BCUT2D eigenvalue weighted by molar-refractivity contribution is 0.183. The molecular formula is C13H26N4O2. The molecule has 0 aromatic carbocycles. The molecular weight excluding hydrogens is 244 g/mol. The molecule has 110 valence electrons. The molecule has 0 aliphatic heterocycles. The lowest BCUT2D eigenvalue weighted by atomic mass is 9.83. The molecule has 6 nitrogen and oxygen atoms in total. The monoisotopic (exact) mass is 270 g/mol. The van der Waals surface area contributed by atoms with Gasteiger partial charge in [0.15, 0.2) is 0 Å². The first kappa shape index (κ1) is 15.6. The van der Waals surface area contributed by atoms with Crippen LogP contribution in [0.25, 0.3) is 0 Å². The molecule has 0 radical (unpaired) electrons. The van der Waals surface area contributed by atoms with Crippen molar-refractivity contribution < 1.29 is 9.59 Å². The Labute approximate surface area is 115 Å². The Morgan fingerprint density at radius 1 is 0.947 bits per heavy atom. The van der Waals surface area contributed by atoms with Crippen LogP contribution in [0.5, 0.6) is 0 Å². The zero-order chi connectivity index (χ0) is 14.6. The van der Waals surface area contributed by atoms with Crippen molar-refractivity contribution in [1.29, 1.82) is 0 Å². The van der Waals surface area contributed by atoms with Gasteiger partial charge in [0.2, 0.25) is 0 Å². The fourth-order valence-corrected chi connectivity index (χ4v) is 2.25. The molecule has 0 spiro atoms. The summed E-state index contributed by atoms with van der Waals surface area (Å²) in [6.45, 7) is 2.14. The molecule has 19 heavy (non-hydrogen) atoms. The second kappa shape index (κ2) is 6.63. The van der Waals surface area contributed by atoms with Gasteiger partial charge in [-0.2, -0.15) is 0 Å². The fraction of sp³-hybridized carbons (Fsp3) is 0.846. The first-order valence-corrected chi connectivity index (χ1v) is 6.77. The van der Waals surface area contributed by atoms with E-state index in [0.717, 1.165) is 19.3 Å². The normalized spacial score (nSPS) is 26.5. The zero-order valence-corrected chi connectivity index (χ0v) is 12.6. The molecule has 3 unspecified atom stereocenters. The van der Waals surface area contributed by atoms with Crippen LogP contribution in [0.4, 0.5) is 9.59 Å². The average molecular weight is 270 g/mol. The molecule has 0 aromatic heterocycles. The van der Waals surface area contributed by atoms with Crippen LogP contribution in [0.2, 0.25) is 0 Å². The average Bonchev–Trinajstić information content (AvgIpc) is 2.32. The van der Waals surface area contributed by atoms with Gasteiger partial charge in [0.1, 0.15) is 0 Å². The van der Waals surface area contributed by atoms with Crippen LogP contribution in [-0.2, 0) is 0 Å².